The largest absolute Gasteiger partial charge is 0.481 e. The number of alkyl halides is 3. The predicted molar refractivity (Wildman–Crippen MR) is 110 cm³/mol. The van der Waals surface area contributed by atoms with Gasteiger partial charge in [0, 0.05) is 37.6 Å². The Hall–Kier alpha value is -3.44. The monoisotopic (exact) mass is 477 g/mol. The van der Waals surface area contributed by atoms with Gasteiger partial charge in [-0.15, -0.1) is 0 Å². The number of imidazole rings is 1. The number of halogens is 4. The summed E-state index contributed by atoms with van der Waals surface area (Å²) >= 11 is 5.98. The molecule has 0 spiro atoms. The number of hydrogen-bond donors (Lipinski definition) is 1. The fourth-order valence-corrected chi connectivity index (χ4v) is 3.89. The van der Waals surface area contributed by atoms with E-state index in [1.165, 1.54) is 10.6 Å². The molecule has 0 amide bonds. The number of benzene rings is 1. The van der Waals surface area contributed by atoms with Gasteiger partial charge in [-0.2, -0.15) is 18.2 Å². The fourth-order valence-electron chi connectivity index (χ4n) is 3.63. The van der Waals surface area contributed by atoms with Crippen LogP contribution in [0.25, 0.3) is 28.6 Å². The van der Waals surface area contributed by atoms with E-state index in [2.05, 4.69) is 15.1 Å². The number of carboxylic acid groups (broad SMARTS) is 1. The number of nitrogens with zero attached hydrogens (tertiary/aromatic N) is 5. The molecule has 170 valence electrons. The van der Waals surface area contributed by atoms with E-state index < -0.39 is 17.7 Å². The molecule has 4 heterocycles. The van der Waals surface area contributed by atoms with E-state index in [1.54, 1.807) is 12.1 Å². The first-order chi connectivity index (χ1) is 15.7. The van der Waals surface area contributed by atoms with E-state index in [-0.39, 0.29) is 34.0 Å². The minimum Gasteiger partial charge on any atom is -0.481 e. The molecule has 0 atom stereocenters. The number of hydrogen-bond acceptors (Lipinski definition) is 6. The highest BCUT2D eigenvalue weighted by Gasteiger charge is 2.33. The van der Waals surface area contributed by atoms with Crippen LogP contribution >= 0.6 is 11.6 Å². The summed E-state index contributed by atoms with van der Waals surface area (Å²) in [6.07, 6.45) is -2.29. The minimum absolute atomic E-state index is 0.114. The Labute approximate surface area is 189 Å². The summed E-state index contributed by atoms with van der Waals surface area (Å²) in [7, 11) is 0. The van der Waals surface area contributed by atoms with Crippen LogP contribution in [-0.4, -0.2) is 48.6 Å². The molecule has 3 aromatic heterocycles. The first-order valence-electron chi connectivity index (χ1n) is 9.81. The fraction of sp³-hybridized carbons (Fsp3) is 0.238. The zero-order valence-corrected chi connectivity index (χ0v) is 17.5. The molecule has 4 aromatic rings. The first kappa shape index (κ1) is 21.4. The molecule has 8 nitrogen and oxygen atoms in total. The number of fused-ring (bicyclic) bond motifs is 1. The van der Waals surface area contributed by atoms with Crippen LogP contribution in [0.2, 0.25) is 5.02 Å². The highest BCUT2D eigenvalue weighted by molar-refractivity contribution is 6.33. The number of carbonyl (C=O) groups is 1. The summed E-state index contributed by atoms with van der Waals surface area (Å²) in [6, 6.07) is 8.20. The summed E-state index contributed by atoms with van der Waals surface area (Å²) in [4.78, 5) is 21.5. The molecule has 1 N–H and O–H groups in total. The SMILES string of the molecule is O=C(O)C1CN(Cc2ccc(-c3nc(-c4cn5cc(C(F)(F)F)cc(Cl)c5n4)no3)cc2)C1. The average molecular weight is 478 g/mol. The van der Waals surface area contributed by atoms with E-state index in [0.717, 1.165) is 17.8 Å². The quantitative estimate of drug-likeness (QED) is 0.459. The van der Waals surface area contributed by atoms with Gasteiger partial charge in [0.15, 0.2) is 5.65 Å². The van der Waals surface area contributed by atoms with Gasteiger partial charge in [0.1, 0.15) is 5.69 Å². The number of aromatic nitrogens is 4. The van der Waals surface area contributed by atoms with Gasteiger partial charge in [0.2, 0.25) is 5.82 Å². The molecular weight excluding hydrogens is 463 g/mol. The third-order valence-electron chi connectivity index (χ3n) is 5.40. The predicted octanol–water partition coefficient (Wildman–Crippen LogP) is 4.24. The summed E-state index contributed by atoms with van der Waals surface area (Å²) in [5, 5.41) is 12.7. The van der Waals surface area contributed by atoms with Crippen molar-refractivity contribution in [1.29, 1.82) is 0 Å². The van der Waals surface area contributed by atoms with Gasteiger partial charge in [-0.3, -0.25) is 9.69 Å². The highest BCUT2D eigenvalue weighted by atomic mass is 35.5. The van der Waals surface area contributed by atoms with Gasteiger partial charge in [-0.1, -0.05) is 28.9 Å². The molecule has 0 saturated carbocycles. The number of rotatable bonds is 5. The molecule has 0 unspecified atom stereocenters. The lowest BCUT2D eigenvalue weighted by atomic mass is 9.99. The number of pyridine rings is 1. The van der Waals surface area contributed by atoms with E-state index in [1.807, 2.05) is 17.0 Å². The summed E-state index contributed by atoms with van der Waals surface area (Å²) in [6.45, 7) is 1.69. The Balaban J connectivity index is 1.33. The molecule has 0 radical (unpaired) electrons. The smallest absolute Gasteiger partial charge is 0.417 e. The molecule has 12 heteroatoms. The van der Waals surface area contributed by atoms with Gasteiger partial charge in [-0.25, -0.2) is 4.98 Å². The van der Waals surface area contributed by atoms with Gasteiger partial charge in [0.05, 0.1) is 16.5 Å². The molecule has 1 aromatic carbocycles. The van der Waals surface area contributed by atoms with Crippen molar-refractivity contribution in [3.63, 3.8) is 0 Å². The lowest BCUT2D eigenvalue weighted by Gasteiger charge is -2.36. The lowest BCUT2D eigenvalue weighted by molar-refractivity contribution is -0.147. The molecule has 1 aliphatic heterocycles. The van der Waals surface area contributed by atoms with E-state index in [0.29, 0.717) is 25.2 Å². The van der Waals surface area contributed by atoms with Crippen LogP contribution in [0.4, 0.5) is 13.2 Å². The zero-order chi connectivity index (χ0) is 23.3. The second kappa shape index (κ2) is 7.85. The van der Waals surface area contributed by atoms with Crippen molar-refractivity contribution in [2.75, 3.05) is 13.1 Å². The summed E-state index contributed by atoms with van der Waals surface area (Å²) < 4.78 is 45.6. The maximum absolute atomic E-state index is 13.0. The maximum atomic E-state index is 13.0. The van der Waals surface area contributed by atoms with Crippen molar-refractivity contribution in [3.05, 3.63) is 58.9 Å². The molecule has 1 fully saturated rings. The third-order valence-corrected chi connectivity index (χ3v) is 5.68. The Morgan fingerprint density at radius 3 is 2.58 bits per heavy atom. The molecule has 33 heavy (non-hydrogen) atoms. The van der Waals surface area contributed by atoms with E-state index in [9.17, 15) is 18.0 Å². The third kappa shape index (κ3) is 4.16. The number of likely N-dealkylation sites (tertiary alicyclic amines) is 1. The van der Waals surface area contributed by atoms with Crippen LogP contribution in [0.5, 0.6) is 0 Å². The van der Waals surface area contributed by atoms with Crippen molar-refractivity contribution in [2.45, 2.75) is 12.7 Å². The van der Waals surface area contributed by atoms with Gasteiger partial charge in [-0.05, 0) is 23.8 Å². The van der Waals surface area contributed by atoms with E-state index in [4.69, 9.17) is 21.2 Å². The van der Waals surface area contributed by atoms with Crippen molar-refractivity contribution in [3.8, 4) is 23.0 Å². The maximum Gasteiger partial charge on any atom is 0.417 e. The summed E-state index contributed by atoms with van der Waals surface area (Å²) in [5.41, 5.74) is 1.14. The van der Waals surface area contributed by atoms with Crippen LogP contribution in [0.15, 0.2) is 47.2 Å². The van der Waals surface area contributed by atoms with Crippen LogP contribution in [0.1, 0.15) is 11.1 Å². The standard InChI is InChI=1S/C21H15ClF3N5O3/c22-15-5-14(21(23,24)25)9-30-10-16(26-18(15)30)17-27-19(33-28-17)12-3-1-11(2-4-12)6-29-7-13(8-29)20(31)32/h1-5,9-10,13H,6-8H2,(H,31,32). The highest BCUT2D eigenvalue weighted by Crippen LogP contribution is 2.33. The van der Waals surface area contributed by atoms with Gasteiger partial charge >= 0.3 is 12.1 Å². The Kier molecular flexibility index (Phi) is 5.09. The van der Waals surface area contributed by atoms with E-state index >= 15 is 0 Å². The number of aliphatic carboxylic acids is 1. The molecule has 1 saturated heterocycles. The zero-order valence-electron chi connectivity index (χ0n) is 16.8. The van der Waals surface area contributed by atoms with Crippen molar-refractivity contribution in [1.82, 2.24) is 24.4 Å². The normalized spacial score (nSPS) is 15.2. The van der Waals surface area contributed by atoms with Crippen molar-refractivity contribution in [2.24, 2.45) is 5.92 Å². The van der Waals surface area contributed by atoms with Gasteiger partial charge in [0.25, 0.3) is 5.89 Å². The van der Waals surface area contributed by atoms with Crippen LogP contribution < -0.4 is 0 Å². The van der Waals surface area contributed by atoms with Crippen LogP contribution in [0, 0.1) is 5.92 Å². The van der Waals surface area contributed by atoms with Gasteiger partial charge < -0.3 is 14.0 Å². The minimum atomic E-state index is -4.54. The number of carboxylic acids is 1. The van der Waals surface area contributed by atoms with Crippen LogP contribution in [-0.2, 0) is 17.5 Å². The molecule has 5 rings (SSSR count). The molecular formula is C21H15ClF3N5O3. The van der Waals surface area contributed by atoms with Crippen molar-refractivity contribution >= 4 is 23.2 Å². The van der Waals surface area contributed by atoms with Crippen LogP contribution in [0.3, 0.4) is 0 Å². The second-order valence-corrected chi connectivity index (χ2v) is 8.19. The second-order valence-electron chi connectivity index (χ2n) is 7.78. The molecule has 0 aliphatic carbocycles. The Bertz CT molecular complexity index is 1340. The summed E-state index contributed by atoms with van der Waals surface area (Å²) in [5.74, 6) is -0.744. The Morgan fingerprint density at radius 1 is 1.18 bits per heavy atom. The first-order valence-corrected chi connectivity index (χ1v) is 10.2. The average Bonchev–Trinajstić information content (AvgIpc) is 3.37. The molecule has 0 bridgehead atoms. The lowest BCUT2D eigenvalue weighted by Crippen LogP contribution is -2.49. The Morgan fingerprint density at radius 2 is 1.91 bits per heavy atom. The topological polar surface area (TPSA) is 96.8 Å². The van der Waals surface area contributed by atoms with Crippen molar-refractivity contribution < 1.29 is 27.6 Å². The molecule has 1 aliphatic rings.